The molecule has 102 valence electrons. The zero-order chi connectivity index (χ0) is 13.8. The maximum absolute atomic E-state index is 9.51. The predicted molar refractivity (Wildman–Crippen MR) is 75.2 cm³/mol. The van der Waals surface area contributed by atoms with Crippen molar-refractivity contribution in [1.29, 1.82) is 0 Å². The van der Waals surface area contributed by atoms with E-state index in [0.717, 1.165) is 16.9 Å². The molecule has 0 radical (unpaired) electrons. The number of ether oxygens (including phenoxy) is 1. The molecule has 1 aromatic carbocycles. The molecule has 3 nitrogen and oxygen atoms in total. The summed E-state index contributed by atoms with van der Waals surface area (Å²) in [5.41, 5.74) is 1.84. The van der Waals surface area contributed by atoms with Crippen molar-refractivity contribution in [3.63, 3.8) is 0 Å². The van der Waals surface area contributed by atoms with Crippen LogP contribution < -0.4 is 10.1 Å². The van der Waals surface area contributed by atoms with Gasteiger partial charge in [0.15, 0.2) is 0 Å². The van der Waals surface area contributed by atoms with Gasteiger partial charge in [-0.05, 0) is 31.9 Å². The molecule has 1 aromatic rings. The van der Waals surface area contributed by atoms with Gasteiger partial charge in [0.2, 0.25) is 0 Å². The van der Waals surface area contributed by atoms with Crippen molar-refractivity contribution in [2.75, 3.05) is 13.2 Å². The number of hydrogen-bond acceptors (Lipinski definition) is 3. The minimum absolute atomic E-state index is 0.0517. The summed E-state index contributed by atoms with van der Waals surface area (Å²) in [7, 11) is 0. The molecule has 0 aliphatic heterocycles. The van der Waals surface area contributed by atoms with E-state index >= 15 is 0 Å². The molecule has 0 fully saturated rings. The van der Waals surface area contributed by atoms with Crippen LogP contribution >= 0.6 is 0 Å². The summed E-state index contributed by atoms with van der Waals surface area (Å²) in [6.07, 6.45) is 0. The van der Waals surface area contributed by atoms with Crippen LogP contribution in [0.3, 0.4) is 0 Å². The fourth-order valence-corrected chi connectivity index (χ4v) is 2.09. The molecular weight excluding hydrogens is 226 g/mol. The summed E-state index contributed by atoms with van der Waals surface area (Å²) in [6, 6.07) is 6.40. The molecule has 0 saturated heterocycles. The first-order chi connectivity index (χ1) is 8.38. The maximum Gasteiger partial charge on any atom is 0.125 e. The average Bonchev–Trinajstić information content (AvgIpc) is 2.27. The van der Waals surface area contributed by atoms with Crippen molar-refractivity contribution < 1.29 is 9.84 Å². The van der Waals surface area contributed by atoms with E-state index in [1.807, 2.05) is 39.0 Å². The van der Waals surface area contributed by atoms with Crippen LogP contribution in [-0.2, 0) is 0 Å². The van der Waals surface area contributed by atoms with Gasteiger partial charge in [-0.15, -0.1) is 0 Å². The zero-order valence-electron chi connectivity index (χ0n) is 12.1. The highest BCUT2D eigenvalue weighted by Gasteiger charge is 2.25. The van der Waals surface area contributed by atoms with Crippen LogP contribution in [0.1, 0.15) is 31.9 Å². The highest BCUT2D eigenvalue weighted by atomic mass is 16.5. The van der Waals surface area contributed by atoms with Gasteiger partial charge in [0, 0.05) is 6.04 Å². The average molecular weight is 251 g/mol. The first-order valence-electron chi connectivity index (χ1n) is 6.45. The molecule has 0 bridgehead atoms. The monoisotopic (exact) mass is 251 g/mol. The Hall–Kier alpha value is -1.06. The van der Waals surface area contributed by atoms with E-state index in [0.29, 0.717) is 12.6 Å². The second kappa shape index (κ2) is 6.21. The van der Waals surface area contributed by atoms with E-state index in [1.165, 1.54) is 0 Å². The summed E-state index contributed by atoms with van der Waals surface area (Å²) < 4.78 is 5.90. The standard InChI is InChI=1S/C15H25NO2/c1-11(2)16-15(5,9-17)10-18-14-12(3)7-6-8-13(14)4/h6-8,11,16-17H,9-10H2,1-5H3. The van der Waals surface area contributed by atoms with E-state index in [4.69, 9.17) is 4.74 Å². The maximum atomic E-state index is 9.51. The summed E-state index contributed by atoms with van der Waals surface area (Å²) in [6.45, 7) is 10.7. The number of rotatable bonds is 6. The van der Waals surface area contributed by atoms with Crippen LogP contribution in [0.2, 0.25) is 0 Å². The van der Waals surface area contributed by atoms with Crippen molar-refractivity contribution in [1.82, 2.24) is 5.32 Å². The van der Waals surface area contributed by atoms with E-state index in [9.17, 15) is 5.11 Å². The van der Waals surface area contributed by atoms with Crippen LogP contribution in [0.5, 0.6) is 5.75 Å². The van der Waals surface area contributed by atoms with E-state index < -0.39 is 5.54 Å². The Morgan fingerprint density at radius 1 is 1.28 bits per heavy atom. The molecule has 0 aliphatic carbocycles. The Balaban J connectivity index is 2.74. The SMILES string of the molecule is Cc1cccc(C)c1OCC(C)(CO)NC(C)C. The third-order valence-corrected chi connectivity index (χ3v) is 2.93. The Morgan fingerprint density at radius 2 is 1.83 bits per heavy atom. The minimum Gasteiger partial charge on any atom is -0.491 e. The largest absolute Gasteiger partial charge is 0.491 e. The number of nitrogens with one attached hydrogen (secondary N) is 1. The summed E-state index contributed by atoms with van der Waals surface area (Å²) in [4.78, 5) is 0. The Bertz CT molecular complexity index is 370. The Kier molecular flexibility index (Phi) is 5.17. The van der Waals surface area contributed by atoms with Gasteiger partial charge in [-0.1, -0.05) is 32.0 Å². The van der Waals surface area contributed by atoms with Gasteiger partial charge in [-0.2, -0.15) is 0 Å². The van der Waals surface area contributed by atoms with Crippen molar-refractivity contribution in [3.8, 4) is 5.75 Å². The van der Waals surface area contributed by atoms with Gasteiger partial charge in [0.05, 0.1) is 12.1 Å². The van der Waals surface area contributed by atoms with Gasteiger partial charge < -0.3 is 15.2 Å². The molecule has 2 N–H and O–H groups in total. The zero-order valence-corrected chi connectivity index (χ0v) is 12.1. The van der Waals surface area contributed by atoms with E-state index in [2.05, 4.69) is 19.2 Å². The molecule has 1 unspecified atom stereocenters. The number of hydrogen-bond donors (Lipinski definition) is 2. The molecule has 1 atom stereocenters. The van der Waals surface area contributed by atoms with Crippen molar-refractivity contribution in [3.05, 3.63) is 29.3 Å². The normalized spacial score (nSPS) is 14.6. The second-order valence-electron chi connectivity index (χ2n) is 5.53. The number of aliphatic hydroxyl groups is 1. The fourth-order valence-electron chi connectivity index (χ4n) is 2.09. The number of benzene rings is 1. The summed E-state index contributed by atoms with van der Waals surface area (Å²) >= 11 is 0. The molecule has 0 aliphatic rings. The first-order valence-corrected chi connectivity index (χ1v) is 6.45. The van der Waals surface area contributed by atoms with Gasteiger partial charge in [-0.3, -0.25) is 0 Å². The predicted octanol–water partition coefficient (Wildman–Crippen LogP) is 2.43. The number of aryl methyl sites for hydroxylation is 2. The second-order valence-corrected chi connectivity index (χ2v) is 5.53. The smallest absolute Gasteiger partial charge is 0.125 e. The molecule has 0 spiro atoms. The molecule has 0 heterocycles. The molecule has 0 amide bonds. The Morgan fingerprint density at radius 3 is 2.28 bits per heavy atom. The first kappa shape index (κ1) is 15.0. The van der Waals surface area contributed by atoms with Gasteiger partial charge in [0.25, 0.3) is 0 Å². The molecule has 0 aromatic heterocycles. The Labute approximate surface area is 110 Å². The van der Waals surface area contributed by atoms with Crippen LogP contribution in [0.25, 0.3) is 0 Å². The lowest BCUT2D eigenvalue weighted by molar-refractivity contribution is 0.108. The third-order valence-electron chi connectivity index (χ3n) is 2.93. The molecule has 0 saturated carbocycles. The van der Waals surface area contributed by atoms with Gasteiger partial charge >= 0.3 is 0 Å². The molecule has 1 rings (SSSR count). The molecular formula is C15H25NO2. The highest BCUT2D eigenvalue weighted by Crippen LogP contribution is 2.23. The lowest BCUT2D eigenvalue weighted by Gasteiger charge is -2.31. The van der Waals surface area contributed by atoms with E-state index in [-0.39, 0.29) is 6.61 Å². The summed E-state index contributed by atoms with van der Waals surface area (Å²) in [5, 5.41) is 12.8. The summed E-state index contributed by atoms with van der Waals surface area (Å²) in [5.74, 6) is 0.919. The van der Waals surface area contributed by atoms with Crippen LogP contribution in [-0.4, -0.2) is 29.9 Å². The quantitative estimate of drug-likeness (QED) is 0.816. The minimum atomic E-state index is -0.414. The highest BCUT2D eigenvalue weighted by molar-refractivity contribution is 5.39. The van der Waals surface area contributed by atoms with Crippen LogP contribution in [0.15, 0.2) is 18.2 Å². The van der Waals surface area contributed by atoms with Crippen LogP contribution in [0.4, 0.5) is 0 Å². The number of para-hydroxylation sites is 1. The van der Waals surface area contributed by atoms with Crippen molar-refractivity contribution in [2.45, 2.75) is 46.2 Å². The molecule has 18 heavy (non-hydrogen) atoms. The fraction of sp³-hybridized carbons (Fsp3) is 0.600. The van der Waals surface area contributed by atoms with E-state index in [1.54, 1.807) is 0 Å². The number of aliphatic hydroxyl groups excluding tert-OH is 1. The van der Waals surface area contributed by atoms with Gasteiger partial charge in [-0.25, -0.2) is 0 Å². The lowest BCUT2D eigenvalue weighted by Crippen LogP contribution is -2.53. The third kappa shape index (κ3) is 4.00. The van der Waals surface area contributed by atoms with Crippen molar-refractivity contribution >= 4 is 0 Å². The van der Waals surface area contributed by atoms with Gasteiger partial charge in [0.1, 0.15) is 12.4 Å². The topological polar surface area (TPSA) is 41.5 Å². The van der Waals surface area contributed by atoms with Crippen LogP contribution in [0, 0.1) is 13.8 Å². The molecule has 3 heteroatoms. The van der Waals surface area contributed by atoms with Crippen molar-refractivity contribution in [2.24, 2.45) is 0 Å². The lowest BCUT2D eigenvalue weighted by atomic mass is 10.0.